The molecular weight excluding hydrogens is 447 g/mol. The zero-order chi connectivity index (χ0) is 24.0. The molecule has 34 heavy (non-hydrogen) atoms. The van der Waals surface area contributed by atoms with E-state index in [1.807, 2.05) is 28.9 Å². The summed E-state index contributed by atoms with van der Waals surface area (Å²) in [5, 5.41) is 4.45. The van der Waals surface area contributed by atoms with E-state index in [1.54, 1.807) is 6.92 Å². The van der Waals surface area contributed by atoms with Crippen LogP contribution >= 0.6 is 0 Å². The first kappa shape index (κ1) is 22.7. The summed E-state index contributed by atoms with van der Waals surface area (Å²) in [6, 6.07) is 0.479. The molecule has 2 aliphatic rings. The Morgan fingerprint density at radius 3 is 2.65 bits per heavy atom. The van der Waals surface area contributed by atoms with Crippen LogP contribution in [-0.2, 0) is 4.74 Å². The first-order valence-corrected chi connectivity index (χ1v) is 11.4. The smallest absolute Gasteiger partial charge is 0.370 e. The zero-order valence-corrected chi connectivity index (χ0v) is 19.1. The summed E-state index contributed by atoms with van der Waals surface area (Å²) in [6.45, 7) is 9.02. The van der Waals surface area contributed by atoms with Gasteiger partial charge in [-0.05, 0) is 38.7 Å². The fraction of sp³-hybridized carbons (Fsp3) is 0.522. The van der Waals surface area contributed by atoms with Crippen LogP contribution in [0.5, 0.6) is 0 Å². The van der Waals surface area contributed by atoms with Crippen molar-refractivity contribution in [1.82, 2.24) is 29.7 Å². The standard InChI is InChI=1S/C23H26F3N7O/c1-13(6-7-23(24,25)26)19-20-21(29-15(3)14(2)28-20)31-22(30-19)32-8-9-34-18(12-32)16-10-27-33(11-16)17-4-5-17/h10-11,17-18H,1,4-9,12H2,2-3H3/t18-/m1/s1. The maximum atomic E-state index is 12.9. The number of hydrogen-bond donors (Lipinski definition) is 0. The highest BCUT2D eigenvalue weighted by Crippen LogP contribution is 2.35. The van der Waals surface area contributed by atoms with Crippen LogP contribution < -0.4 is 4.90 Å². The number of hydrogen-bond acceptors (Lipinski definition) is 7. The largest absolute Gasteiger partial charge is 0.389 e. The van der Waals surface area contributed by atoms with E-state index in [2.05, 4.69) is 31.6 Å². The molecule has 0 unspecified atom stereocenters. The molecule has 0 radical (unpaired) electrons. The molecule has 0 bridgehead atoms. The minimum atomic E-state index is -4.28. The number of anilines is 1. The van der Waals surface area contributed by atoms with Gasteiger partial charge in [-0.1, -0.05) is 6.58 Å². The number of morpholine rings is 1. The van der Waals surface area contributed by atoms with Gasteiger partial charge in [0.2, 0.25) is 5.95 Å². The Balaban J connectivity index is 1.46. The lowest BCUT2D eigenvalue weighted by atomic mass is 10.1. The first-order chi connectivity index (χ1) is 16.2. The van der Waals surface area contributed by atoms with Gasteiger partial charge in [-0.3, -0.25) is 4.68 Å². The van der Waals surface area contributed by atoms with Crippen molar-refractivity contribution in [2.45, 2.75) is 57.9 Å². The number of rotatable bonds is 6. The van der Waals surface area contributed by atoms with Crippen molar-refractivity contribution >= 4 is 22.7 Å². The van der Waals surface area contributed by atoms with Crippen LogP contribution in [0.25, 0.3) is 16.7 Å². The summed E-state index contributed by atoms with van der Waals surface area (Å²) in [4.78, 5) is 20.3. The number of allylic oxidation sites excluding steroid dienone is 1. The van der Waals surface area contributed by atoms with Gasteiger partial charge >= 0.3 is 6.18 Å². The highest BCUT2D eigenvalue weighted by atomic mass is 19.4. The van der Waals surface area contributed by atoms with Crippen molar-refractivity contribution in [3.05, 3.63) is 41.6 Å². The van der Waals surface area contributed by atoms with E-state index in [0.717, 1.165) is 18.4 Å². The van der Waals surface area contributed by atoms with Gasteiger partial charge in [0.15, 0.2) is 5.65 Å². The van der Waals surface area contributed by atoms with Crippen molar-refractivity contribution in [1.29, 1.82) is 0 Å². The summed E-state index contributed by atoms with van der Waals surface area (Å²) < 4.78 is 46.5. The molecule has 3 aromatic rings. The Bertz CT molecular complexity index is 1240. The monoisotopic (exact) mass is 473 g/mol. The summed E-state index contributed by atoms with van der Waals surface area (Å²) in [7, 11) is 0. The van der Waals surface area contributed by atoms with E-state index in [4.69, 9.17) is 4.74 Å². The number of ether oxygens (including phenoxy) is 1. The third kappa shape index (κ3) is 4.75. The Kier molecular flexibility index (Phi) is 5.75. The fourth-order valence-electron chi connectivity index (χ4n) is 3.99. The number of alkyl halides is 3. The molecule has 1 aliphatic carbocycles. The Labute approximate surface area is 194 Å². The van der Waals surface area contributed by atoms with Crippen molar-refractivity contribution in [3.8, 4) is 0 Å². The Morgan fingerprint density at radius 2 is 1.91 bits per heavy atom. The predicted octanol–water partition coefficient (Wildman–Crippen LogP) is 4.50. The second kappa shape index (κ2) is 8.61. The van der Waals surface area contributed by atoms with Crippen LogP contribution in [-0.4, -0.2) is 55.6 Å². The third-order valence-electron chi connectivity index (χ3n) is 6.24. The van der Waals surface area contributed by atoms with E-state index in [0.29, 0.717) is 59.9 Å². The van der Waals surface area contributed by atoms with E-state index in [1.165, 1.54) is 0 Å². The molecule has 0 aromatic carbocycles. The number of nitrogens with zero attached hydrogens (tertiary/aromatic N) is 7. The normalized spacial score (nSPS) is 19.1. The minimum Gasteiger partial charge on any atom is -0.370 e. The summed E-state index contributed by atoms with van der Waals surface area (Å²) in [5.41, 5.74) is 3.65. The molecular formula is C23H26F3N7O. The molecule has 1 aliphatic heterocycles. The van der Waals surface area contributed by atoms with Gasteiger partial charge in [-0.25, -0.2) is 15.0 Å². The predicted molar refractivity (Wildman–Crippen MR) is 120 cm³/mol. The molecule has 4 heterocycles. The second-order valence-electron chi connectivity index (χ2n) is 8.95. The molecule has 1 saturated heterocycles. The molecule has 180 valence electrons. The van der Waals surface area contributed by atoms with Crippen LogP contribution in [0.1, 0.15) is 60.5 Å². The molecule has 2 fully saturated rings. The van der Waals surface area contributed by atoms with Crippen LogP contribution in [0.3, 0.4) is 0 Å². The lowest BCUT2D eigenvalue weighted by Crippen LogP contribution is -2.39. The van der Waals surface area contributed by atoms with Crippen LogP contribution in [0.4, 0.5) is 19.1 Å². The van der Waals surface area contributed by atoms with Gasteiger partial charge in [-0.15, -0.1) is 0 Å². The molecule has 11 heteroatoms. The molecule has 0 N–H and O–H groups in total. The Hall–Kier alpha value is -3.08. The first-order valence-electron chi connectivity index (χ1n) is 11.4. The minimum absolute atomic E-state index is 0.205. The SMILES string of the molecule is C=C(CCC(F)(F)F)c1nc(N2CCO[C@@H](c3cnn(C4CC4)c3)C2)nc2nc(C)c(C)nc12. The summed E-state index contributed by atoms with van der Waals surface area (Å²) in [6.07, 6.45) is 0.406. The third-order valence-corrected chi connectivity index (χ3v) is 6.24. The fourth-order valence-corrected chi connectivity index (χ4v) is 3.99. The lowest BCUT2D eigenvalue weighted by molar-refractivity contribution is -0.133. The van der Waals surface area contributed by atoms with Gasteiger partial charge in [0, 0.05) is 24.7 Å². The van der Waals surface area contributed by atoms with E-state index in [-0.39, 0.29) is 18.1 Å². The van der Waals surface area contributed by atoms with E-state index in [9.17, 15) is 13.2 Å². The van der Waals surface area contributed by atoms with Crippen molar-refractivity contribution < 1.29 is 17.9 Å². The quantitative estimate of drug-likeness (QED) is 0.521. The molecule has 0 amide bonds. The maximum absolute atomic E-state index is 12.9. The average molecular weight is 474 g/mol. The molecule has 1 saturated carbocycles. The highest BCUT2D eigenvalue weighted by molar-refractivity contribution is 5.85. The van der Waals surface area contributed by atoms with E-state index >= 15 is 0 Å². The summed E-state index contributed by atoms with van der Waals surface area (Å²) in [5.74, 6) is 0.385. The molecule has 3 aromatic heterocycles. The summed E-state index contributed by atoms with van der Waals surface area (Å²) >= 11 is 0. The van der Waals surface area contributed by atoms with Crippen molar-refractivity contribution in [2.24, 2.45) is 0 Å². The zero-order valence-electron chi connectivity index (χ0n) is 19.1. The molecule has 1 atom stereocenters. The molecule has 0 spiro atoms. The lowest BCUT2D eigenvalue weighted by Gasteiger charge is -2.32. The van der Waals surface area contributed by atoms with Crippen LogP contribution in [0, 0.1) is 13.8 Å². The number of aromatic nitrogens is 6. The maximum Gasteiger partial charge on any atom is 0.389 e. The molecule has 5 rings (SSSR count). The van der Waals surface area contributed by atoms with Gasteiger partial charge in [0.05, 0.1) is 42.5 Å². The Morgan fingerprint density at radius 1 is 1.15 bits per heavy atom. The van der Waals surface area contributed by atoms with Crippen LogP contribution in [0.15, 0.2) is 19.0 Å². The average Bonchev–Trinajstić information content (AvgIpc) is 3.53. The van der Waals surface area contributed by atoms with Gasteiger partial charge in [0.25, 0.3) is 0 Å². The van der Waals surface area contributed by atoms with Gasteiger partial charge in [-0.2, -0.15) is 23.3 Å². The number of fused-ring (bicyclic) bond motifs is 1. The second-order valence-corrected chi connectivity index (χ2v) is 8.95. The van der Waals surface area contributed by atoms with E-state index < -0.39 is 12.6 Å². The van der Waals surface area contributed by atoms with Crippen molar-refractivity contribution in [2.75, 3.05) is 24.6 Å². The van der Waals surface area contributed by atoms with Crippen molar-refractivity contribution in [3.63, 3.8) is 0 Å². The van der Waals surface area contributed by atoms with Gasteiger partial charge in [0.1, 0.15) is 11.6 Å². The highest BCUT2D eigenvalue weighted by Gasteiger charge is 2.30. The topological polar surface area (TPSA) is 81.9 Å². The number of halogens is 3. The van der Waals surface area contributed by atoms with Crippen LogP contribution in [0.2, 0.25) is 0 Å². The molecule has 8 nitrogen and oxygen atoms in total. The van der Waals surface area contributed by atoms with Gasteiger partial charge < -0.3 is 9.64 Å². The number of aryl methyl sites for hydroxylation is 2.